The summed E-state index contributed by atoms with van der Waals surface area (Å²) in [4.78, 5) is 10.9. The van der Waals surface area contributed by atoms with E-state index in [2.05, 4.69) is 24.3 Å². The molecule has 1 aliphatic carbocycles. The van der Waals surface area contributed by atoms with Crippen LogP contribution in [0, 0.1) is 11.8 Å². The van der Waals surface area contributed by atoms with Crippen molar-refractivity contribution in [2.45, 2.75) is 78.3 Å². The third-order valence-corrected chi connectivity index (χ3v) is 5.32. The zero-order valence-electron chi connectivity index (χ0n) is 19.1. The molecule has 0 spiro atoms. The number of Topliss-reactive ketones (excluding diaryl/α,β-unsaturated/α-hetero) is 1. The number of rotatable bonds is 11. The normalized spacial score (nSPS) is 18.9. The summed E-state index contributed by atoms with van der Waals surface area (Å²) >= 11 is 0. The van der Waals surface area contributed by atoms with Gasteiger partial charge in [-0.25, -0.2) is 0 Å². The van der Waals surface area contributed by atoms with Gasteiger partial charge in [-0.1, -0.05) is 50.6 Å². The Kier molecular flexibility index (Phi) is 13.0. The first-order valence-corrected chi connectivity index (χ1v) is 11.5. The van der Waals surface area contributed by atoms with Crippen LogP contribution in [0.25, 0.3) is 0 Å². The number of ether oxygens (including phenoxy) is 1. The van der Waals surface area contributed by atoms with Crippen LogP contribution in [-0.2, 0) is 11.0 Å². The van der Waals surface area contributed by atoms with Gasteiger partial charge in [-0.3, -0.25) is 0 Å². The fourth-order valence-corrected chi connectivity index (χ4v) is 3.75. The number of ketones is 1. The van der Waals surface area contributed by atoms with Gasteiger partial charge in [0.05, 0.1) is 12.2 Å². The van der Waals surface area contributed by atoms with Gasteiger partial charge >= 0.3 is 6.18 Å². The molecular weight excluding hydrogens is 401 g/mol. The van der Waals surface area contributed by atoms with Gasteiger partial charge in [-0.05, 0) is 75.5 Å². The second-order valence-electron chi connectivity index (χ2n) is 7.75. The van der Waals surface area contributed by atoms with Crippen LogP contribution >= 0.6 is 0 Å². The maximum absolute atomic E-state index is 12.7. The van der Waals surface area contributed by atoms with Gasteiger partial charge in [-0.2, -0.15) is 13.2 Å². The van der Waals surface area contributed by atoms with Crippen molar-refractivity contribution in [2.24, 2.45) is 11.8 Å². The molecule has 0 aliphatic heterocycles. The highest BCUT2D eigenvalue weighted by Gasteiger charge is 2.30. The molecule has 5 heteroatoms. The highest BCUT2D eigenvalue weighted by Crippen LogP contribution is 2.35. The number of hydrogen-bond donors (Lipinski definition) is 0. The predicted molar refractivity (Wildman–Crippen MR) is 121 cm³/mol. The molecule has 0 bridgehead atoms. The Hall–Kier alpha value is -2.04. The number of carbonyl (C=O) groups excluding carboxylic acids is 1. The van der Waals surface area contributed by atoms with E-state index in [1.165, 1.54) is 25.3 Å². The van der Waals surface area contributed by atoms with Crippen LogP contribution in [0.3, 0.4) is 0 Å². The van der Waals surface area contributed by atoms with Gasteiger partial charge in [-0.15, -0.1) is 0 Å². The van der Waals surface area contributed by atoms with E-state index in [0.29, 0.717) is 31.3 Å². The van der Waals surface area contributed by atoms with Crippen molar-refractivity contribution in [2.75, 3.05) is 6.61 Å². The Morgan fingerprint density at radius 3 is 2.61 bits per heavy atom. The van der Waals surface area contributed by atoms with Crippen LogP contribution < -0.4 is 4.74 Å². The Morgan fingerprint density at radius 1 is 1.13 bits per heavy atom. The molecule has 1 aliphatic rings. The Bertz CT molecular complexity index is 692. The minimum absolute atomic E-state index is 0.247. The van der Waals surface area contributed by atoms with Crippen LogP contribution in [0.15, 0.2) is 48.6 Å². The van der Waals surface area contributed by atoms with E-state index >= 15 is 0 Å². The molecule has 0 N–H and O–H groups in total. The molecule has 0 saturated heterocycles. The monoisotopic (exact) mass is 438 g/mol. The Labute approximate surface area is 185 Å². The number of unbranched alkanes of at least 4 members (excludes halogenated alkanes) is 1. The Morgan fingerprint density at radius 2 is 1.90 bits per heavy atom. The molecule has 174 valence electrons. The largest absolute Gasteiger partial charge is 0.493 e. The third kappa shape index (κ3) is 11.2. The first kappa shape index (κ1) is 27.0. The molecular formula is C26H37F3O2. The highest BCUT2D eigenvalue weighted by atomic mass is 19.4. The molecule has 1 aromatic rings. The van der Waals surface area contributed by atoms with Crippen molar-refractivity contribution < 1.29 is 22.7 Å². The third-order valence-electron chi connectivity index (χ3n) is 5.32. The fourth-order valence-electron chi connectivity index (χ4n) is 3.75. The summed E-state index contributed by atoms with van der Waals surface area (Å²) in [6, 6.07) is 5.00. The molecule has 0 heterocycles. The van der Waals surface area contributed by atoms with E-state index in [0.717, 1.165) is 31.4 Å². The standard InChI is InChI=1S/C24H31F3O2.C2H6/c1-19(28)10-4-2-3-5-11-20-13-8-14-21(20)12-6-7-17-29-23-16-9-15-22(18-23)24(25,26)27;1-2/h3,5-6,9,12,15-16,18,20-21H,2,4,7-8,10-11,13-14,17H2,1H3;1-2H3/b5-3-,12-6+;/t20-,21?;/m0./s1. The van der Waals surface area contributed by atoms with Crippen molar-refractivity contribution in [3.8, 4) is 5.75 Å². The summed E-state index contributed by atoms with van der Waals surface area (Å²) in [7, 11) is 0. The molecule has 0 radical (unpaired) electrons. The van der Waals surface area contributed by atoms with Crippen LogP contribution in [0.4, 0.5) is 13.2 Å². The minimum atomic E-state index is -4.35. The molecule has 1 fully saturated rings. The van der Waals surface area contributed by atoms with Gasteiger partial charge in [0, 0.05) is 6.42 Å². The number of alkyl halides is 3. The van der Waals surface area contributed by atoms with Gasteiger partial charge < -0.3 is 9.53 Å². The minimum Gasteiger partial charge on any atom is -0.493 e. The second kappa shape index (κ2) is 14.9. The molecule has 2 nitrogen and oxygen atoms in total. The zero-order chi connectivity index (χ0) is 23.1. The molecule has 2 atom stereocenters. The van der Waals surface area contributed by atoms with E-state index in [1.807, 2.05) is 13.8 Å². The topological polar surface area (TPSA) is 26.3 Å². The fraction of sp³-hybridized carbons (Fsp3) is 0.577. The first-order valence-electron chi connectivity index (χ1n) is 11.5. The second-order valence-corrected chi connectivity index (χ2v) is 7.75. The summed E-state index contributed by atoms with van der Waals surface area (Å²) in [5, 5.41) is 0. The van der Waals surface area contributed by atoms with Crippen molar-refractivity contribution in [3.63, 3.8) is 0 Å². The van der Waals surface area contributed by atoms with Crippen molar-refractivity contribution in [3.05, 3.63) is 54.1 Å². The first-order chi connectivity index (χ1) is 14.9. The van der Waals surface area contributed by atoms with E-state index in [-0.39, 0.29) is 11.5 Å². The lowest BCUT2D eigenvalue weighted by Crippen LogP contribution is -2.05. The number of allylic oxidation sites excluding steroid dienone is 3. The van der Waals surface area contributed by atoms with Crippen molar-refractivity contribution in [1.82, 2.24) is 0 Å². The predicted octanol–water partition coefficient (Wildman–Crippen LogP) is 8.18. The quantitative estimate of drug-likeness (QED) is 0.257. The number of benzene rings is 1. The molecule has 1 aromatic carbocycles. The maximum atomic E-state index is 12.7. The molecule has 0 aromatic heterocycles. The maximum Gasteiger partial charge on any atom is 0.416 e. The summed E-state index contributed by atoms with van der Waals surface area (Å²) < 4.78 is 43.6. The lowest BCUT2D eigenvalue weighted by atomic mass is 9.92. The zero-order valence-corrected chi connectivity index (χ0v) is 19.1. The van der Waals surface area contributed by atoms with Gasteiger partial charge in [0.25, 0.3) is 0 Å². The molecule has 1 unspecified atom stereocenters. The highest BCUT2D eigenvalue weighted by molar-refractivity contribution is 5.75. The lowest BCUT2D eigenvalue weighted by Gasteiger charge is -2.14. The Balaban J connectivity index is 0.00000233. The number of carbonyl (C=O) groups is 1. The molecule has 1 saturated carbocycles. The van der Waals surface area contributed by atoms with E-state index in [1.54, 1.807) is 13.0 Å². The van der Waals surface area contributed by atoms with Crippen molar-refractivity contribution in [1.29, 1.82) is 0 Å². The smallest absolute Gasteiger partial charge is 0.416 e. The van der Waals surface area contributed by atoms with Crippen LogP contribution in [0.2, 0.25) is 0 Å². The summed E-state index contributed by atoms with van der Waals surface area (Å²) in [5.74, 6) is 1.71. The molecule has 2 rings (SSSR count). The van der Waals surface area contributed by atoms with E-state index in [4.69, 9.17) is 4.74 Å². The van der Waals surface area contributed by atoms with Gasteiger partial charge in [0.1, 0.15) is 11.5 Å². The summed E-state index contributed by atoms with van der Waals surface area (Å²) in [6.07, 6.45) is 12.4. The SMILES string of the molecule is CC.CC(=O)CCC/C=C\C[C@H]1CCCC1/C=C/CCOc1cccc(C(F)(F)F)c1. The van der Waals surface area contributed by atoms with Crippen LogP contribution in [-0.4, -0.2) is 12.4 Å². The molecule has 31 heavy (non-hydrogen) atoms. The van der Waals surface area contributed by atoms with E-state index < -0.39 is 11.7 Å². The van der Waals surface area contributed by atoms with E-state index in [9.17, 15) is 18.0 Å². The average molecular weight is 439 g/mol. The van der Waals surface area contributed by atoms with Gasteiger partial charge in [0.15, 0.2) is 0 Å². The van der Waals surface area contributed by atoms with Crippen molar-refractivity contribution >= 4 is 5.78 Å². The molecule has 0 amide bonds. The average Bonchev–Trinajstić information content (AvgIpc) is 3.18. The number of hydrogen-bond acceptors (Lipinski definition) is 2. The number of halogens is 3. The lowest BCUT2D eigenvalue weighted by molar-refractivity contribution is -0.137. The van der Waals surface area contributed by atoms with Crippen LogP contribution in [0.5, 0.6) is 5.75 Å². The summed E-state index contributed by atoms with van der Waals surface area (Å²) in [6.45, 7) is 6.00. The van der Waals surface area contributed by atoms with Crippen LogP contribution in [0.1, 0.15) is 77.7 Å². The summed E-state index contributed by atoms with van der Waals surface area (Å²) in [5.41, 5.74) is -0.686. The van der Waals surface area contributed by atoms with Gasteiger partial charge in [0.2, 0.25) is 0 Å².